The van der Waals surface area contributed by atoms with E-state index >= 15 is 0 Å². The van der Waals surface area contributed by atoms with Gasteiger partial charge in [0.05, 0.1) is 0 Å². The number of nitrogens with two attached hydrogens (primary N) is 2. The van der Waals surface area contributed by atoms with E-state index in [1.54, 1.807) is 0 Å². The molecule has 0 amide bonds. The van der Waals surface area contributed by atoms with E-state index in [4.69, 9.17) is 11.5 Å². The van der Waals surface area contributed by atoms with Crippen molar-refractivity contribution in [2.75, 3.05) is 0 Å². The third-order valence-electron chi connectivity index (χ3n) is 1.17. The Balaban J connectivity index is 2.33. The van der Waals surface area contributed by atoms with Crippen molar-refractivity contribution < 1.29 is 0 Å². The van der Waals surface area contributed by atoms with Crippen molar-refractivity contribution in [2.45, 2.75) is 22.7 Å². The van der Waals surface area contributed by atoms with Gasteiger partial charge in [0, 0.05) is 0 Å². The summed E-state index contributed by atoms with van der Waals surface area (Å²) in [4.78, 5) is 0. The first-order chi connectivity index (χ1) is 3.30. The molecular weight excluding hydrogens is 155 g/mol. The first-order valence-corrected chi connectivity index (χ1v) is 4.82. The third kappa shape index (κ3) is 1.16. The number of hydrogen-bond acceptors (Lipinski definition) is 2. The zero-order valence-electron chi connectivity index (χ0n) is 4.13. The van der Waals surface area contributed by atoms with Gasteiger partial charge in [-0.05, 0) is 0 Å². The van der Waals surface area contributed by atoms with E-state index in [2.05, 4.69) is 0 Å². The van der Waals surface area contributed by atoms with Crippen molar-refractivity contribution in [3.63, 3.8) is 0 Å². The predicted octanol–water partition coefficient (Wildman–Crippen LogP) is -0.805. The number of hydrogen-bond donors (Lipinski definition) is 2. The molecule has 0 saturated carbocycles. The van der Waals surface area contributed by atoms with Crippen LogP contribution < -0.4 is 11.5 Å². The molecule has 0 unspecified atom stereocenters. The summed E-state index contributed by atoms with van der Waals surface area (Å²) in [6, 6.07) is 0.639. The Morgan fingerprint density at radius 1 is 1.14 bits per heavy atom. The minimum absolute atomic E-state index is 0.319. The van der Waals surface area contributed by atoms with E-state index in [1.165, 1.54) is 10.6 Å². The summed E-state index contributed by atoms with van der Waals surface area (Å²) in [6.45, 7) is 0. The Kier molecular flexibility index (Phi) is 1.70. The molecular formula is C4H10N2Se. The Morgan fingerprint density at radius 3 is 1.71 bits per heavy atom. The van der Waals surface area contributed by atoms with Gasteiger partial charge in [0.2, 0.25) is 0 Å². The summed E-state index contributed by atoms with van der Waals surface area (Å²) in [5, 5.41) is 2.38. The van der Waals surface area contributed by atoms with Gasteiger partial charge >= 0.3 is 49.1 Å². The van der Waals surface area contributed by atoms with Crippen molar-refractivity contribution in [3.05, 3.63) is 0 Å². The van der Waals surface area contributed by atoms with Gasteiger partial charge in [-0.15, -0.1) is 0 Å². The third-order valence-corrected chi connectivity index (χ3v) is 3.77. The Bertz CT molecular complexity index is 58.7. The van der Waals surface area contributed by atoms with Crippen LogP contribution in [0.1, 0.15) is 0 Å². The van der Waals surface area contributed by atoms with Crippen molar-refractivity contribution in [2.24, 2.45) is 11.5 Å². The average Bonchev–Trinajstić information content (AvgIpc) is 1.91. The summed E-state index contributed by atoms with van der Waals surface area (Å²) in [7, 11) is 0. The van der Waals surface area contributed by atoms with Crippen molar-refractivity contribution in [1.82, 2.24) is 0 Å². The summed E-state index contributed by atoms with van der Waals surface area (Å²) >= 11 is 0.763. The summed E-state index contributed by atoms with van der Waals surface area (Å²) < 4.78 is 0. The standard InChI is InChI=1S/C4H10N2Se/c5-3-1-7-2-4(3)6/h3-4H,1-2,5-6H2/t3-,4-/m1/s1. The number of rotatable bonds is 0. The molecule has 0 aromatic rings. The van der Waals surface area contributed by atoms with Crippen molar-refractivity contribution in [3.8, 4) is 0 Å². The van der Waals surface area contributed by atoms with Gasteiger partial charge in [0.25, 0.3) is 0 Å². The second-order valence-corrected chi connectivity index (χ2v) is 4.12. The van der Waals surface area contributed by atoms with Gasteiger partial charge < -0.3 is 0 Å². The fourth-order valence-electron chi connectivity index (χ4n) is 0.587. The monoisotopic (exact) mass is 166 g/mol. The van der Waals surface area contributed by atoms with Crippen LogP contribution in [0, 0.1) is 0 Å². The average molecular weight is 165 g/mol. The second kappa shape index (κ2) is 2.14. The summed E-state index contributed by atoms with van der Waals surface area (Å²) in [5.41, 5.74) is 11.1. The Morgan fingerprint density at radius 2 is 1.57 bits per heavy atom. The zero-order valence-corrected chi connectivity index (χ0v) is 5.84. The Labute approximate surface area is 49.8 Å². The molecule has 4 N–H and O–H groups in total. The molecule has 2 nitrogen and oxygen atoms in total. The maximum absolute atomic E-state index is 5.57. The van der Waals surface area contributed by atoms with Gasteiger partial charge in [-0.25, -0.2) is 0 Å². The second-order valence-electron chi connectivity index (χ2n) is 1.87. The Hall–Kier alpha value is 0.439. The van der Waals surface area contributed by atoms with Gasteiger partial charge in [-0.2, -0.15) is 0 Å². The molecule has 2 atom stereocenters. The summed E-state index contributed by atoms with van der Waals surface area (Å²) in [5.74, 6) is 0. The predicted molar refractivity (Wildman–Crippen MR) is 31.3 cm³/mol. The molecule has 3 heteroatoms. The zero-order chi connectivity index (χ0) is 5.28. The minimum atomic E-state index is 0.319. The molecule has 1 rings (SSSR count). The van der Waals surface area contributed by atoms with Crippen LogP contribution in [-0.2, 0) is 0 Å². The fourth-order valence-corrected chi connectivity index (χ4v) is 3.05. The molecule has 42 valence electrons. The van der Waals surface area contributed by atoms with Crippen LogP contribution in [-0.4, -0.2) is 27.0 Å². The van der Waals surface area contributed by atoms with E-state index in [-0.39, 0.29) is 0 Å². The van der Waals surface area contributed by atoms with E-state index < -0.39 is 0 Å². The van der Waals surface area contributed by atoms with Crippen LogP contribution in [0.25, 0.3) is 0 Å². The quantitative estimate of drug-likeness (QED) is 0.461. The molecule has 1 heterocycles. The van der Waals surface area contributed by atoms with Crippen molar-refractivity contribution >= 4 is 15.0 Å². The van der Waals surface area contributed by atoms with E-state index in [9.17, 15) is 0 Å². The molecule has 0 aromatic carbocycles. The van der Waals surface area contributed by atoms with E-state index in [0.29, 0.717) is 12.1 Å². The maximum atomic E-state index is 5.57. The first-order valence-electron chi connectivity index (χ1n) is 2.39. The molecule has 1 aliphatic heterocycles. The molecule has 1 aliphatic rings. The topological polar surface area (TPSA) is 52.0 Å². The van der Waals surface area contributed by atoms with E-state index in [0.717, 1.165) is 15.0 Å². The van der Waals surface area contributed by atoms with Crippen LogP contribution in [0.5, 0.6) is 0 Å². The van der Waals surface area contributed by atoms with Crippen LogP contribution >= 0.6 is 0 Å². The van der Waals surface area contributed by atoms with Gasteiger partial charge in [-0.1, -0.05) is 0 Å². The molecule has 1 fully saturated rings. The van der Waals surface area contributed by atoms with Crippen LogP contribution in [0.3, 0.4) is 0 Å². The van der Waals surface area contributed by atoms with Gasteiger partial charge in [-0.3, -0.25) is 0 Å². The molecule has 1 saturated heterocycles. The molecule has 0 aliphatic carbocycles. The van der Waals surface area contributed by atoms with E-state index in [1.807, 2.05) is 0 Å². The first kappa shape index (κ1) is 5.57. The molecule has 0 spiro atoms. The SMILES string of the molecule is N[C@@H]1C[Se]C[C@H]1N. The van der Waals surface area contributed by atoms with Crippen LogP contribution in [0.4, 0.5) is 0 Å². The van der Waals surface area contributed by atoms with Gasteiger partial charge in [0.1, 0.15) is 0 Å². The van der Waals surface area contributed by atoms with Crippen LogP contribution in [0.2, 0.25) is 10.6 Å². The van der Waals surface area contributed by atoms with Crippen molar-refractivity contribution in [1.29, 1.82) is 0 Å². The molecule has 0 radical (unpaired) electrons. The normalized spacial score (nSPS) is 42.0. The molecule has 0 bridgehead atoms. The van der Waals surface area contributed by atoms with Crippen LogP contribution in [0.15, 0.2) is 0 Å². The molecule has 0 aromatic heterocycles. The fraction of sp³-hybridized carbons (Fsp3) is 1.00. The van der Waals surface area contributed by atoms with Gasteiger partial charge in [0.15, 0.2) is 0 Å². The molecule has 7 heavy (non-hydrogen) atoms. The summed E-state index contributed by atoms with van der Waals surface area (Å²) in [6.07, 6.45) is 0.